The summed E-state index contributed by atoms with van der Waals surface area (Å²) < 4.78 is 0. The molecule has 1 aliphatic heterocycles. The Kier molecular flexibility index (Phi) is 5.77. The largest absolute Gasteiger partial charge is 0.340 e. The first-order chi connectivity index (χ1) is 7.61. The highest BCUT2D eigenvalue weighted by Crippen LogP contribution is 2.07. The van der Waals surface area contributed by atoms with Gasteiger partial charge in [0.1, 0.15) is 0 Å². The second-order valence-electron chi connectivity index (χ2n) is 5.16. The molecule has 1 amide bonds. The zero-order valence-electron chi connectivity index (χ0n) is 11.0. The van der Waals surface area contributed by atoms with E-state index in [1.165, 1.54) is 30.7 Å². The summed E-state index contributed by atoms with van der Waals surface area (Å²) in [6.45, 7) is 6.22. The predicted molar refractivity (Wildman–Crippen MR) is 64.4 cm³/mol. The van der Waals surface area contributed by atoms with Crippen molar-refractivity contribution in [2.75, 3.05) is 40.3 Å². The molecule has 0 aliphatic carbocycles. The van der Waals surface area contributed by atoms with Crippen LogP contribution in [-0.2, 0) is 4.79 Å². The van der Waals surface area contributed by atoms with Gasteiger partial charge in [-0.15, -0.1) is 0 Å². The van der Waals surface area contributed by atoms with Crippen LogP contribution in [0.15, 0.2) is 0 Å². The van der Waals surface area contributed by atoms with E-state index in [1.54, 1.807) is 0 Å². The Hall–Kier alpha value is -0.610. The molecule has 4 heteroatoms. The Morgan fingerprint density at radius 2 is 2.00 bits per heavy atom. The van der Waals surface area contributed by atoms with Crippen molar-refractivity contribution in [2.45, 2.75) is 32.2 Å². The second kappa shape index (κ2) is 6.86. The lowest BCUT2D eigenvalue weighted by Gasteiger charge is -2.18. The van der Waals surface area contributed by atoms with Crippen LogP contribution in [0.2, 0.25) is 0 Å². The van der Waals surface area contributed by atoms with E-state index in [0.29, 0.717) is 5.91 Å². The number of nitrogens with one attached hydrogen (secondary N) is 1. The van der Waals surface area contributed by atoms with E-state index in [2.05, 4.69) is 19.4 Å². The molecule has 0 aromatic rings. The first kappa shape index (κ1) is 13.5. The van der Waals surface area contributed by atoms with Crippen LogP contribution in [0.4, 0.5) is 0 Å². The van der Waals surface area contributed by atoms with Gasteiger partial charge in [0, 0.05) is 19.5 Å². The lowest BCUT2D eigenvalue weighted by molar-refractivity contribution is -0.860. The van der Waals surface area contributed by atoms with Crippen LogP contribution in [0.1, 0.15) is 26.2 Å². The molecule has 16 heavy (non-hydrogen) atoms. The molecule has 0 aromatic heterocycles. The van der Waals surface area contributed by atoms with Gasteiger partial charge >= 0.3 is 0 Å². The van der Waals surface area contributed by atoms with Gasteiger partial charge in [0.15, 0.2) is 6.04 Å². The minimum atomic E-state index is 0.107. The highest BCUT2D eigenvalue weighted by atomic mass is 16.2. The third-order valence-electron chi connectivity index (χ3n) is 3.21. The first-order valence-corrected chi connectivity index (χ1v) is 6.52. The first-order valence-electron chi connectivity index (χ1n) is 6.52. The normalized spacial score (nSPS) is 18.1. The van der Waals surface area contributed by atoms with Gasteiger partial charge in [0.25, 0.3) is 5.91 Å². The standard InChI is InChI=1S/C12H25N3O/c1-11(13-7-6-8-14(2)3)12(16)15-9-4-5-10-15/h11,13H,4-10H2,1-3H3/p+2/t11-/m0/s1. The monoisotopic (exact) mass is 229 g/mol. The molecule has 0 bridgehead atoms. The number of nitrogens with two attached hydrogens (primary N) is 1. The maximum absolute atomic E-state index is 12.0. The summed E-state index contributed by atoms with van der Waals surface area (Å²) in [5, 5.41) is 2.18. The number of carbonyl (C=O) groups excluding carboxylic acids is 1. The van der Waals surface area contributed by atoms with Crippen LogP contribution in [-0.4, -0.2) is 57.1 Å². The summed E-state index contributed by atoms with van der Waals surface area (Å²) in [5.74, 6) is 0.328. The van der Waals surface area contributed by atoms with Crippen LogP contribution < -0.4 is 10.2 Å². The third-order valence-corrected chi connectivity index (χ3v) is 3.21. The lowest BCUT2D eigenvalue weighted by atomic mass is 10.2. The van der Waals surface area contributed by atoms with Crippen molar-refractivity contribution >= 4 is 5.91 Å². The average molecular weight is 229 g/mol. The molecule has 1 fully saturated rings. The quantitative estimate of drug-likeness (QED) is 0.513. The molecule has 0 spiro atoms. The van der Waals surface area contributed by atoms with E-state index in [-0.39, 0.29) is 6.04 Å². The Morgan fingerprint density at radius 3 is 2.56 bits per heavy atom. The van der Waals surface area contributed by atoms with Gasteiger partial charge in [0.2, 0.25) is 0 Å². The number of hydrogen-bond donors (Lipinski definition) is 2. The van der Waals surface area contributed by atoms with Crippen molar-refractivity contribution < 1.29 is 15.0 Å². The molecule has 1 heterocycles. The number of hydrogen-bond acceptors (Lipinski definition) is 1. The maximum atomic E-state index is 12.0. The minimum Gasteiger partial charge on any atom is -0.340 e. The minimum absolute atomic E-state index is 0.107. The molecule has 0 unspecified atom stereocenters. The Labute approximate surface area is 99.0 Å². The number of amides is 1. The van der Waals surface area contributed by atoms with Crippen molar-refractivity contribution in [1.82, 2.24) is 4.90 Å². The van der Waals surface area contributed by atoms with E-state index in [9.17, 15) is 4.79 Å². The molecule has 0 aromatic carbocycles. The highest BCUT2D eigenvalue weighted by molar-refractivity contribution is 5.80. The number of nitrogens with zero attached hydrogens (tertiary/aromatic N) is 1. The van der Waals surface area contributed by atoms with Crippen LogP contribution >= 0.6 is 0 Å². The van der Waals surface area contributed by atoms with Crippen molar-refractivity contribution in [3.8, 4) is 0 Å². The van der Waals surface area contributed by atoms with Crippen molar-refractivity contribution in [1.29, 1.82) is 0 Å². The van der Waals surface area contributed by atoms with Gasteiger partial charge in [-0.3, -0.25) is 4.79 Å². The molecule has 1 rings (SSSR count). The fourth-order valence-electron chi connectivity index (χ4n) is 2.15. The molecule has 1 atom stereocenters. The number of likely N-dealkylation sites (tertiary alicyclic amines) is 1. The van der Waals surface area contributed by atoms with Crippen molar-refractivity contribution in [2.24, 2.45) is 0 Å². The maximum Gasteiger partial charge on any atom is 0.280 e. The number of rotatable bonds is 6. The van der Waals surface area contributed by atoms with Crippen LogP contribution in [0.5, 0.6) is 0 Å². The van der Waals surface area contributed by atoms with Gasteiger partial charge in [-0.25, -0.2) is 0 Å². The molecule has 4 nitrogen and oxygen atoms in total. The van der Waals surface area contributed by atoms with E-state index in [0.717, 1.165) is 19.6 Å². The number of quaternary nitrogens is 2. The molecular formula is C12H27N3O+2. The number of carbonyl (C=O) groups is 1. The van der Waals surface area contributed by atoms with E-state index < -0.39 is 0 Å². The van der Waals surface area contributed by atoms with Crippen LogP contribution in [0, 0.1) is 0 Å². The molecule has 0 saturated carbocycles. The van der Waals surface area contributed by atoms with Crippen molar-refractivity contribution in [3.63, 3.8) is 0 Å². The fraction of sp³-hybridized carbons (Fsp3) is 0.917. The summed E-state index contributed by atoms with van der Waals surface area (Å²) in [5.41, 5.74) is 0. The van der Waals surface area contributed by atoms with Gasteiger partial charge in [-0.1, -0.05) is 0 Å². The Bertz CT molecular complexity index is 212. The topological polar surface area (TPSA) is 41.4 Å². The Morgan fingerprint density at radius 1 is 1.38 bits per heavy atom. The summed E-state index contributed by atoms with van der Waals surface area (Å²) in [7, 11) is 4.33. The summed E-state index contributed by atoms with van der Waals surface area (Å²) in [6, 6.07) is 0.107. The van der Waals surface area contributed by atoms with Crippen molar-refractivity contribution in [3.05, 3.63) is 0 Å². The van der Waals surface area contributed by atoms with Gasteiger partial charge < -0.3 is 15.1 Å². The molecule has 0 radical (unpaired) electrons. The molecule has 3 N–H and O–H groups in total. The Balaban J connectivity index is 2.13. The average Bonchev–Trinajstić information content (AvgIpc) is 2.76. The van der Waals surface area contributed by atoms with E-state index in [4.69, 9.17) is 0 Å². The molecule has 1 aliphatic rings. The predicted octanol–water partition coefficient (Wildman–Crippen LogP) is -1.90. The van der Waals surface area contributed by atoms with Gasteiger partial charge in [-0.2, -0.15) is 0 Å². The molecule has 94 valence electrons. The fourth-order valence-corrected chi connectivity index (χ4v) is 2.15. The molecular weight excluding hydrogens is 202 g/mol. The van der Waals surface area contributed by atoms with Gasteiger partial charge in [-0.05, 0) is 19.8 Å². The van der Waals surface area contributed by atoms with Gasteiger partial charge in [0.05, 0.1) is 27.2 Å². The summed E-state index contributed by atoms with van der Waals surface area (Å²) in [4.78, 5) is 15.5. The second-order valence-corrected chi connectivity index (χ2v) is 5.16. The lowest BCUT2D eigenvalue weighted by Crippen LogP contribution is -3.06. The SMILES string of the molecule is C[C@H]([NH2+]CCC[NH+](C)C)C(=O)N1CCCC1. The third kappa shape index (κ3) is 4.49. The van der Waals surface area contributed by atoms with E-state index in [1.807, 2.05) is 11.8 Å². The molecule has 1 saturated heterocycles. The van der Waals surface area contributed by atoms with Crippen LogP contribution in [0.25, 0.3) is 0 Å². The smallest absolute Gasteiger partial charge is 0.280 e. The zero-order chi connectivity index (χ0) is 12.0. The summed E-state index contributed by atoms with van der Waals surface area (Å²) in [6.07, 6.45) is 3.55. The zero-order valence-corrected chi connectivity index (χ0v) is 11.0. The van der Waals surface area contributed by atoms with E-state index >= 15 is 0 Å². The van der Waals surface area contributed by atoms with Crippen LogP contribution in [0.3, 0.4) is 0 Å². The summed E-state index contributed by atoms with van der Waals surface area (Å²) >= 11 is 0. The highest BCUT2D eigenvalue weighted by Gasteiger charge is 2.24.